The van der Waals surface area contributed by atoms with Gasteiger partial charge in [0.05, 0.1) is 9.82 Å². The normalized spacial score (nSPS) is 11.5. The van der Waals surface area contributed by atoms with Gasteiger partial charge in [-0.1, -0.05) is 31.5 Å². The van der Waals surface area contributed by atoms with Gasteiger partial charge in [0.2, 0.25) is 10.0 Å². The topological polar surface area (TPSA) is 103 Å². The van der Waals surface area contributed by atoms with E-state index < -0.39 is 14.9 Å². The van der Waals surface area contributed by atoms with Crippen LogP contribution in [0.1, 0.15) is 30.5 Å². The predicted octanol–water partition coefficient (Wildman–Crippen LogP) is 3.34. The SMILES string of the molecule is CCc1cc([N+](=O)[O-])cc(CC)c1-c1cc(C)ccc1S(N)(=O)=O. The molecule has 0 aliphatic heterocycles. The lowest BCUT2D eigenvalue weighted by Gasteiger charge is -2.17. The minimum atomic E-state index is -3.91. The summed E-state index contributed by atoms with van der Waals surface area (Å²) in [6.07, 6.45) is 1.09. The highest BCUT2D eigenvalue weighted by molar-refractivity contribution is 7.89. The molecular formula is C17H20N2O4S. The van der Waals surface area contributed by atoms with Gasteiger partial charge in [0.1, 0.15) is 0 Å². The van der Waals surface area contributed by atoms with Crippen molar-refractivity contribution in [3.8, 4) is 11.1 Å². The Morgan fingerprint density at radius 2 is 1.62 bits per heavy atom. The maximum atomic E-state index is 12.0. The zero-order valence-corrected chi connectivity index (χ0v) is 14.7. The molecule has 7 heteroatoms. The van der Waals surface area contributed by atoms with E-state index in [0.717, 1.165) is 22.3 Å². The van der Waals surface area contributed by atoms with E-state index in [4.69, 9.17) is 5.14 Å². The number of primary sulfonamides is 1. The first-order valence-electron chi connectivity index (χ1n) is 7.63. The predicted molar refractivity (Wildman–Crippen MR) is 93.4 cm³/mol. The molecule has 128 valence electrons. The number of nitrogens with zero attached hydrogens (tertiary/aromatic N) is 1. The molecule has 24 heavy (non-hydrogen) atoms. The van der Waals surface area contributed by atoms with Crippen LogP contribution in [0.15, 0.2) is 35.2 Å². The summed E-state index contributed by atoms with van der Waals surface area (Å²) in [4.78, 5) is 10.8. The number of nitro groups is 1. The van der Waals surface area contributed by atoms with Gasteiger partial charge in [-0.15, -0.1) is 0 Å². The molecule has 2 aromatic carbocycles. The molecule has 0 saturated carbocycles. The molecule has 0 aromatic heterocycles. The highest BCUT2D eigenvalue weighted by atomic mass is 32.2. The van der Waals surface area contributed by atoms with Crippen LogP contribution in [-0.2, 0) is 22.9 Å². The largest absolute Gasteiger partial charge is 0.270 e. The number of nitrogens with two attached hydrogens (primary N) is 1. The van der Waals surface area contributed by atoms with Crippen LogP contribution in [-0.4, -0.2) is 13.3 Å². The molecule has 2 N–H and O–H groups in total. The molecule has 0 amide bonds. The summed E-state index contributed by atoms with van der Waals surface area (Å²) in [7, 11) is -3.91. The van der Waals surface area contributed by atoms with Crippen molar-refractivity contribution in [3.05, 3.63) is 57.1 Å². The van der Waals surface area contributed by atoms with Crippen LogP contribution in [0.2, 0.25) is 0 Å². The van der Waals surface area contributed by atoms with E-state index in [1.165, 1.54) is 18.2 Å². The Labute approximate surface area is 141 Å². The number of hydrogen-bond donors (Lipinski definition) is 1. The van der Waals surface area contributed by atoms with Crippen LogP contribution in [0.3, 0.4) is 0 Å². The molecule has 0 saturated heterocycles. The van der Waals surface area contributed by atoms with E-state index in [9.17, 15) is 18.5 Å². The van der Waals surface area contributed by atoms with E-state index >= 15 is 0 Å². The molecule has 0 fully saturated rings. The maximum absolute atomic E-state index is 12.0. The van der Waals surface area contributed by atoms with Gasteiger partial charge in [-0.3, -0.25) is 10.1 Å². The van der Waals surface area contributed by atoms with Crippen molar-refractivity contribution in [2.45, 2.75) is 38.5 Å². The summed E-state index contributed by atoms with van der Waals surface area (Å²) < 4.78 is 24.0. The molecule has 0 bridgehead atoms. The van der Waals surface area contributed by atoms with Gasteiger partial charge < -0.3 is 0 Å². The summed E-state index contributed by atoms with van der Waals surface area (Å²) in [5, 5.41) is 16.5. The second kappa shape index (κ2) is 6.70. The minimum absolute atomic E-state index is 0.0114. The van der Waals surface area contributed by atoms with Gasteiger partial charge in [-0.2, -0.15) is 0 Å². The molecule has 2 aromatic rings. The smallest absolute Gasteiger partial charge is 0.258 e. The average Bonchev–Trinajstić information content (AvgIpc) is 2.51. The highest BCUT2D eigenvalue weighted by Gasteiger charge is 2.22. The van der Waals surface area contributed by atoms with Crippen molar-refractivity contribution in [2.24, 2.45) is 5.14 Å². The first-order chi connectivity index (χ1) is 11.2. The zero-order valence-electron chi connectivity index (χ0n) is 13.9. The first kappa shape index (κ1) is 18.1. The summed E-state index contributed by atoms with van der Waals surface area (Å²) in [6, 6.07) is 7.94. The van der Waals surface area contributed by atoms with Gasteiger partial charge in [-0.25, -0.2) is 13.6 Å². The molecule has 0 atom stereocenters. The Kier molecular flexibility index (Phi) is 5.05. The average molecular weight is 348 g/mol. The maximum Gasteiger partial charge on any atom is 0.270 e. The summed E-state index contributed by atoms with van der Waals surface area (Å²) in [5.41, 5.74) is 3.59. The van der Waals surface area contributed by atoms with E-state index in [1.54, 1.807) is 12.1 Å². The van der Waals surface area contributed by atoms with Crippen LogP contribution in [0, 0.1) is 17.0 Å². The van der Waals surface area contributed by atoms with Gasteiger partial charge in [0.15, 0.2) is 0 Å². The molecule has 0 aliphatic carbocycles. The Balaban J connectivity index is 2.91. The fourth-order valence-corrected chi connectivity index (χ4v) is 3.57. The van der Waals surface area contributed by atoms with Crippen LogP contribution in [0.4, 0.5) is 5.69 Å². The van der Waals surface area contributed by atoms with Crippen molar-refractivity contribution < 1.29 is 13.3 Å². The van der Waals surface area contributed by atoms with Gasteiger partial charge >= 0.3 is 0 Å². The number of non-ortho nitro benzene ring substituents is 1. The minimum Gasteiger partial charge on any atom is -0.258 e. The molecular weight excluding hydrogens is 328 g/mol. The summed E-state index contributed by atoms with van der Waals surface area (Å²) >= 11 is 0. The third kappa shape index (κ3) is 3.47. The molecule has 2 rings (SSSR count). The second-order valence-electron chi connectivity index (χ2n) is 5.65. The van der Waals surface area contributed by atoms with E-state index in [-0.39, 0.29) is 10.6 Å². The number of hydrogen-bond acceptors (Lipinski definition) is 4. The van der Waals surface area contributed by atoms with Gasteiger partial charge in [0, 0.05) is 17.7 Å². The molecule has 0 aliphatic rings. The second-order valence-corrected chi connectivity index (χ2v) is 7.18. The van der Waals surface area contributed by atoms with Crippen LogP contribution >= 0.6 is 0 Å². The highest BCUT2D eigenvalue weighted by Crippen LogP contribution is 2.36. The van der Waals surface area contributed by atoms with Gasteiger partial charge in [0.25, 0.3) is 5.69 Å². The molecule has 0 radical (unpaired) electrons. The Morgan fingerprint density at radius 3 is 2.04 bits per heavy atom. The molecule has 6 nitrogen and oxygen atoms in total. The van der Waals surface area contributed by atoms with E-state index in [1.807, 2.05) is 20.8 Å². The Bertz CT molecular complexity index is 880. The molecule has 0 spiro atoms. The Hall–Kier alpha value is -2.25. The van der Waals surface area contributed by atoms with Crippen molar-refractivity contribution in [2.75, 3.05) is 0 Å². The van der Waals surface area contributed by atoms with Crippen molar-refractivity contribution in [3.63, 3.8) is 0 Å². The molecule has 0 unspecified atom stereocenters. The zero-order chi connectivity index (χ0) is 18.1. The van der Waals surface area contributed by atoms with E-state index in [2.05, 4.69) is 0 Å². The number of nitro benzene ring substituents is 1. The number of sulfonamides is 1. The first-order valence-corrected chi connectivity index (χ1v) is 9.17. The Morgan fingerprint density at radius 1 is 1.08 bits per heavy atom. The lowest BCUT2D eigenvalue weighted by molar-refractivity contribution is -0.385. The third-order valence-corrected chi connectivity index (χ3v) is 4.94. The van der Waals surface area contributed by atoms with Crippen LogP contribution in [0.25, 0.3) is 11.1 Å². The van der Waals surface area contributed by atoms with Crippen molar-refractivity contribution in [1.29, 1.82) is 0 Å². The fourth-order valence-electron chi connectivity index (χ4n) is 2.85. The monoisotopic (exact) mass is 348 g/mol. The van der Waals surface area contributed by atoms with Crippen molar-refractivity contribution in [1.82, 2.24) is 0 Å². The van der Waals surface area contributed by atoms with Crippen molar-refractivity contribution >= 4 is 15.7 Å². The number of aryl methyl sites for hydroxylation is 3. The van der Waals surface area contributed by atoms with Crippen LogP contribution in [0.5, 0.6) is 0 Å². The lowest BCUT2D eigenvalue weighted by Crippen LogP contribution is -2.14. The molecule has 0 heterocycles. The standard InChI is InChI=1S/C17H20N2O4S/c1-4-12-9-14(19(20)21)10-13(5-2)17(12)15-8-11(3)6-7-16(15)24(18,22)23/h6-10H,4-5H2,1-3H3,(H2,18,22,23). The summed E-state index contributed by atoms with van der Waals surface area (Å²) in [6.45, 7) is 5.63. The quantitative estimate of drug-likeness (QED) is 0.661. The fraction of sp³-hybridized carbons (Fsp3) is 0.294. The lowest BCUT2D eigenvalue weighted by atomic mass is 9.90. The number of benzene rings is 2. The number of rotatable bonds is 5. The van der Waals surface area contributed by atoms with Crippen LogP contribution < -0.4 is 5.14 Å². The third-order valence-electron chi connectivity index (χ3n) is 3.97. The van der Waals surface area contributed by atoms with E-state index in [0.29, 0.717) is 18.4 Å². The van der Waals surface area contributed by atoms with Gasteiger partial charge in [-0.05, 0) is 42.5 Å². The summed E-state index contributed by atoms with van der Waals surface area (Å²) in [5.74, 6) is 0.